The number of ether oxygens (including phenoxy) is 1. The second kappa shape index (κ2) is 6.80. The number of benzene rings is 1. The van der Waals surface area contributed by atoms with E-state index in [1.165, 1.54) is 5.56 Å². The van der Waals surface area contributed by atoms with Gasteiger partial charge < -0.3 is 10.1 Å². The molecule has 1 aliphatic carbocycles. The predicted octanol–water partition coefficient (Wildman–Crippen LogP) is 3.52. The highest BCUT2D eigenvalue weighted by molar-refractivity contribution is 6.31. The highest BCUT2D eigenvalue weighted by Gasteiger charge is 2.32. The van der Waals surface area contributed by atoms with Crippen molar-refractivity contribution in [2.24, 2.45) is 5.92 Å². The summed E-state index contributed by atoms with van der Waals surface area (Å²) < 4.78 is 5.33. The van der Waals surface area contributed by atoms with Gasteiger partial charge in [0.15, 0.2) is 0 Å². The lowest BCUT2D eigenvalue weighted by atomic mass is 9.76. The lowest BCUT2D eigenvalue weighted by Gasteiger charge is -2.36. The standard InChI is InChI=1S/C17H22ClNO2/c18-16-4-2-1-3-15(16)13-9-14(10-13)19-17(20)6-5-12-7-8-21-11-12/h1-4,12-14H,5-11H2,(H,19,20)/t12-,13?,14?/m1/s1. The Hall–Kier alpha value is -1.06. The summed E-state index contributed by atoms with van der Waals surface area (Å²) in [7, 11) is 0. The number of hydrogen-bond donors (Lipinski definition) is 1. The molecule has 0 bridgehead atoms. The normalized spacial score (nSPS) is 28.1. The summed E-state index contributed by atoms with van der Waals surface area (Å²) >= 11 is 6.21. The van der Waals surface area contributed by atoms with Gasteiger partial charge in [-0.15, -0.1) is 0 Å². The minimum absolute atomic E-state index is 0.185. The topological polar surface area (TPSA) is 38.3 Å². The maximum absolute atomic E-state index is 11.9. The van der Waals surface area contributed by atoms with Crippen LogP contribution in [0.3, 0.4) is 0 Å². The van der Waals surface area contributed by atoms with Crippen molar-refractivity contribution < 1.29 is 9.53 Å². The second-order valence-corrected chi connectivity index (χ2v) is 6.63. The van der Waals surface area contributed by atoms with Crippen LogP contribution in [0.4, 0.5) is 0 Å². The first-order chi connectivity index (χ1) is 10.2. The van der Waals surface area contributed by atoms with E-state index in [4.69, 9.17) is 16.3 Å². The number of nitrogens with one attached hydrogen (secondary N) is 1. The van der Waals surface area contributed by atoms with Crippen molar-refractivity contribution in [2.45, 2.75) is 44.1 Å². The third kappa shape index (κ3) is 3.78. The molecule has 1 atom stereocenters. The van der Waals surface area contributed by atoms with Gasteiger partial charge in [0.05, 0.1) is 0 Å². The minimum Gasteiger partial charge on any atom is -0.381 e. The van der Waals surface area contributed by atoms with Crippen LogP contribution in [-0.4, -0.2) is 25.2 Å². The minimum atomic E-state index is 0.185. The van der Waals surface area contributed by atoms with Gasteiger partial charge in [-0.05, 0) is 49.1 Å². The third-order valence-corrected chi connectivity index (χ3v) is 5.00. The summed E-state index contributed by atoms with van der Waals surface area (Å²) in [5.74, 6) is 1.25. The molecule has 0 radical (unpaired) electrons. The number of rotatable bonds is 5. The van der Waals surface area contributed by atoms with Gasteiger partial charge in [0.2, 0.25) is 5.91 Å². The molecule has 2 aliphatic rings. The van der Waals surface area contributed by atoms with Crippen LogP contribution >= 0.6 is 11.6 Å². The van der Waals surface area contributed by atoms with Gasteiger partial charge in [-0.25, -0.2) is 0 Å². The van der Waals surface area contributed by atoms with Crippen molar-refractivity contribution in [3.63, 3.8) is 0 Å². The van der Waals surface area contributed by atoms with Gasteiger partial charge in [-0.1, -0.05) is 29.8 Å². The van der Waals surface area contributed by atoms with Gasteiger partial charge in [0.25, 0.3) is 0 Å². The zero-order valence-corrected chi connectivity index (χ0v) is 12.9. The maximum Gasteiger partial charge on any atom is 0.220 e. The molecule has 1 aromatic carbocycles. The largest absolute Gasteiger partial charge is 0.381 e. The molecule has 3 nitrogen and oxygen atoms in total. The molecule has 0 aromatic heterocycles. The van der Waals surface area contributed by atoms with Crippen molar-refractivity contribution in [1.82, 2.24) is 5.32 Å². The highest BCUT2D eigenvalue weighted by atomic mass is 35.5. The second-order valence-electron chi connectivity index (χ2n) is 6.22. The van der Waals surface area contributed by atoms with E-state index in [9.17, 15) is 4.79 Å². The molecule has 1 saturated carbocycles. The number of halogens is 1. The first-order valence-electron chi connectivity index (χ1n) is 7.84. The fourth-order valence-corrected chi connectivity index (χ4v) is 3.53. The molecular formula is C17H22ClNO2. The SMILES string of the molecule is O=C(CC[C@@H]1CCOC1)NC1CC(c2ccccc2Cl)C1. The van der Waals surface area contributed by atoms with E-state index < -0.39 is 0 Å². The molecule has 1 N–H and O–H groups in total. The molecule has 1 aliphatic heterocycles. The first kappa shape index (κ1) is 14.9. The van der Waals surface area contributed by atoms with Crippen molar-refractivity contribution in [3.05, 3.63) is 34.9 Å². The van der Waals surface area contributed by atoms with Crippen LogP contribution < -0.4 is 5.32 Å². The number of carbonyl (C=O) groups excluding carboxylic acids is 1. The third-order valence-electron chi connectivity index (χ3n) is 4.65. The van der Waals surface area contributed by atoms with Crippen molar-refractivity contribution in [2.75, 3.05) is 13.2 Å². The van der Waals surface area contributed by atoms with E-state index in [0.717, 1.165) is 43.9 Å². The van der Waals surface area contributed by atoms with Gasteiger partial charge >= 0.3 is 0 Å². The van der Waals surface area contributed by atoms with Crippen LogP contribution in [0.25, 0.3) is 0 Å². The van der Waals surface area contributed by atoms with E-state index in [1.54, 1.807) is 0 Å². The van der Waals surface area contributed by atoms with E-state index in [-0.39, 0.29) is 5.91 Å². The molecular weight excluding hydrogens is 286 g/mol. The van der Waals surface area contributed by atoms with Crippen molar-refractivity contribution >= 4 is 17.5 Å². The van der Waals surface area contributed by atoms with Gasteiger partial charge in [0.1, 0.15) is 0 Å². The molecule has 0 spiro atoms. The Balaban J connectivity index is 1.38. The number of amides is 1. The molecule has 1 aromatic rings. The summed E-state index contributed by atoms with van der Waals surface area (Å²) in [5, 5.41) is 3.98. The highest BCUT2D eigenvalue weighted by Crippen LogP contribution is 2.39. The Morgan fingerprint density at radius 1 is 1.33 bits per heavy atom. The first-order valence-corrected chi connectivity index (χ1v) is 8.21. The Kier molecular flexibility index (Phi) is 4.81. The lowest BCUT2D eigenvalue weighted by molar-refractivity contribution is -0.122. The lowest BCUT2D eigenvalue weighted by Crippen LogP contribution is -2.43. The quantitative estimate of drug-likeness (QED) is 0.904. The summed E-state index contributed by atoms with van der Waals surface area (Å²) in [4.78, 5) is 11.9. The summed E-state index contributed by atoms with van der Waals surface area (Å²) in [5.41, 5.74) is 1.22. The summed E-state index contributed by atoms with van der Waals surface area (Å²) in [6.07, 6.45) is 4.68. The zero-order chi connectivity index (χ0) is 14.7. The predicted molar refractivity (Wildman–Crippen MR) is 83.5 cm³/mol. The molecule has 3 rings (SSSR count). The average Bonchev–Trinajstić information content (AvgIpc) is 2.94. The van der Waals surface area contributed by atoms with Crippen LogP contribution in [0.2, 0.25) is 5.02 Å². The monoisotopic (exact) mass is 307 g/mol. The van der Waals surface area contributed by atoms with E-state index in [0.29, 0.717) is 24.3 Å². The van der Waals surface area contributed by atoms with Crippen LogP contribution in [-0.2, 0) is 9.53 Å². The van der Waals surface area contributed by atoms with E-state index in [2.05, 4.69) is 11.4 Å². The fraction of sp³-hybridized carbons (Fsp3) is 0.588. The summed E-state index contributed by atoms with van der Waals surface area (Å²) in [6.45, 7) is 1.68. The Morgan fingerprint density at radius 2 is 2.14 bits per heavy atom. The molecule has 1 saturated heterocycles. The van der Waals surface area contributed by atoms with Crippen LogP contribution in [0, 0.1) is 5.92 Å². The number of hydrogen-bond acceptors (Lipinski definition) is 2. The molecule has 21 heavy (non-hydrogen) atoms. The molecule has 1 amide bonds. The van der Waals surface area contributed by atoms with E-state index in [1.807, 2.05) is 18.2 Å². The van der Waals surface area contributed by atoms with Crippen molar-refractivity contribution in [3.8, 4) is 0 Å². The molecule has 0 unspecified atom stereocenters. The van der Waals surface area contributed by atoms with Crippen molar-refractivity contribution in [1.29, 1.82) is 0 Å². The molecule has 2 fully saturated rings. The molecule has 4 heteroatoms. The average molecular weight is 308 g/mol. The Morgan fingerprint density at radius 3 is 2.86 bits per heavy atom. The molecule has 114 valence electrons. The van der Waals surface area contributed by atoms with Crippen LogP contribution in [0.1, 0.15) is 43.6 Å². The van der Waals surface area contributed by atoms with Gasteiger partial charge in [-0.2, -0.15) is 0 Å². The van der Waals surface area contributed by atoms with Gasteiger partial charge in [-0.3, -0.25) is 4.79 Å². The number of carbonyl (C=O) groups is 1. The van der Waals surface area contributed by atoms with Crippen LogP contribution in [0.5, 0.6) is 0 Å². The maximum atomic E-state index is 11.9. The van der Waals surface area contributed by atoms with E-state index >= 15 is 0 Å². The fourth-order valence-electron chi connectivity index (χ4n) is 3.24. The zero-order valence-electron chi connectivity index (χ0n) is 12.2. The Bertz CT molecular complexity index is 493. The Labute approximate surface area is 131 Å². The summed E-state index contributed by atoms with van der Waals surface area (Å²) in [6, 6.07) is 8.32. The molecule has 1 heterocycles. The smallest absolute Gasteiger partial charge is 0.220 e. The van der Waals surface area contributed by atoms with Crippen LogP contribution in [0.15, 0.2) is 24.3 Å². The van der Waals surface area contributed by atoms with Gasteiger partial charge in [0, 0.05) is 30.7 Å².